The average Bonchev–Trinajstić information content (AvgIpc) is 2.71. The number of pyridine rings is 1. The van der Waals surface area contributed by atoms with Gasteiger partial charge < -0.3 is 10.2 Å². The molecule has 0 aliphatic heterocycles. The summed E-state index contributed by atoms with van der Waals surface area (Å²) in [4.78, 5) is 18.9. The molecule has 0 saturated carbocycles. The molecule has 0 aliphatic rings. The fraction of sp³-hybridized carbons (Fsp3) is 0.304. The molecular formula is C23H24F3N3O. The zero-order valence-electron chi connectivity index (χ0n) is 17.2. The van der Waals surface area contributed by atoms with Crippen molar-refractivity contribution in [3.8, 4) is 0 Å². The second kappa shape index (κ2) is 8.73. The van der Waals surface area contributed by atoms with Crippen LogP contribution in [-0.4, -0.2) is 25.0 Å². The molecule has 0 radical (unpaired) electrons. The zero-order chi connectivity index (χ0) is 21.9. The highest BCUT2D eigenvalue weighted by molar-refractivity contribution is 5.95. The Kier molecular flexibility index (Phi) is 6.29. The molecule has 0 saturated heterocycles. The van der Waals surface area contributed by atoms with Crippen LogP contribution in [-0.2, 0) is 23.8 Å². The SMILES string of the molecule is CCc1cc(N(C)C)nc2ccc(NC(=O)CCc3ccc(C(F)(F)F)cc3)cc12. The lowest BCUT2D eigenvalue weighted by molar-refractivity contribution is -0.137. The highest BCUT2D eigenvalue weighted by atomic mass is 19.4. The van der Waals surface area contributed by atoms with Crippen molar-refractivity contribution >= 4 is 28.3 Å². The molecule has 7 heteroatoms. The molecule has 30 heavy (non-hydrogen) atoms. The van der Waals surface area contributed by atoms with Gasteiger partial charge in [-0.1, -0.05) is 19.1 Å². The lowest BCUT2D eigenvalue weighted by atomic mass is 10.1. The first-order valence-corrected chi connectivity index (χ1v) is 9.74. The summed E-state index contributed by atoms with van der Waals surface area (Å²) < 4.78 is 37.9. The Labute approximate surface area is 173 Å². The number of hydrogen-bond donors (Lipinski definition) is 1. The molecular weight excluding hydrogens is 391 g/mol. The van der Waals surface area contributed by atoms with Crippen LogP contribution >= 0.6 is 0 Å². The molecule has 0 spiro atoms. The first kappa shape index (κ1) is 21.6. The molecule has 1 heterocycles. The number of aromatic nitrogens is 1. The van der Waals surface area contributed by atoms with Gasteiger partial charge in [-0.25, -0.2) is 4.98 Å². The first-order valence-electron chi connectivity index (χ1n) is 9.74. The highest BCUT2D eigenvalue weighted by Crippen LogP contribution is 2.29. The Bertz CT molecular complexity index is 1040. The number of aryl methyl sites for hydroxylation is 2. The largest absolute Gasteiger partial charge is 0.416 e. The van der Waals surface area contributed by atoms with Crippen molar-refractivity contribution in [1.82, 2.24) is 4.98 Å². The van der Waals surface area contributed by atoms with E-state index in [1.165, 1.54) is 12.1 Å². The Morgan fingerprint density at radius 1 is 1.07 bits per heavy atom. The number of alkyl halides is 3. The van der Waals surface area contributed by atoms with Crippen LogP contribution in [0.15, 0.2) is 48.5 Å². The number of nitrogens with one attached hydrogen (secondary N) is 1. The monoisotopic (exact) mass is 415 g/mol. The molecule has 158 valence electrons. The first-order chi connectivity index (χ1) is 14.2. The van der Waals surface area contributed by atoms with Crippen LogP contribution in [0.25, 0.3) is 10.9 Å². The predicted octanol–water partition coefficient (Wildman–Crippen LogP) is 5.45. The van der Waals surface area contributed by atoms with E-state index in [-0.39, 0.29) is 12.3 Å². The van der Waals surface area contributed by atoms with E-state index in [9.17, 15) is 18.0 Å². The van der Waals surface area contributed by atoms with E-state index >= 15 is 0 Å². The van der Waals surface area contributed by atoms with E-state index in [1.54, 1.807) is 0 Å². The van der Waals surface area contributed by atoms with Gasteiger partial charge in [-0.15, -0.1) is 0 Å². The van der Waals surface area contributed by atoms with Crippen LogP contribution in [0.2, 0.25) is 0 Å². The number of anilines is 2. The van der Waals surface area contributed by atoms with Crippen LogP contribution in [0.1, 0.15) is 30.0 Å². The number of halogens is 3. The van der Waals surface area contributed by atoms with Gasteiger partial charge in [-0.3, -0.25) is 4.79 Å². The Hall–Kier alpha value is -3.09. The molecule has 4 nitrogen and oxygen atoms in total. The van der Waals surface area contributed by atoms with Crippen LogP contribution in [0.4, 0.5) is 24.7 Å². The molecule has 1 N–H and O–H groups in total. The maximum atomic E-state index is 12.6. The van der Waals surface area contributed by atoms with Crippen molar-refractivity contribution in [3.63, 3.8) is 0 Å². The van der Waals surface area contributed by atoms with Crippen molar-refractivity contribution in [2.45, 2.75) is 32.4 Å². The van der Waals surface area contributed by atoms with Gasteiger partial charge in [-0.05, 0) is 60.4 Å². The van der Waals surface area contributed by atoms with Crippen molar-refractivity contribution in [2.24, 2.45) is 0 Å². The van der Waals surface area contributed by atoms with Crippen molar-refractivity contribution in [2.75, 3.05) is 24.3 Å². The van der Waals surface area contributed by atoms with Gasteiger partial charge >= 0.3 is 6.18 Å². The van der Waals surface area contributed by atoms with E-state index in [0.29, 0.717) is 17.7 Å². The van der Waals surface area contributed by atoms with E-state index in [0.717, 1.165) is 40.8 Å². The van der Waals surface area contributed by atoms with E-state index in [4.69, 9.17) is 0 Å². The van der Waals surface area contributed by atoms with Gasteiger partial charge in [0.15, 0.2) is 0 Å². The number of carbonyl (C=O) groups excluding carboxylic acids is 1. The third kappa shape index (κ3) is 5.09. The molecule has 0 atom stereocenters. The number of nitrogens with zero attached hydrogens (tertiary/aromatic N) is 2. The molecule has 1 amide bonds. The second-order valence-electron chi connectivity index (χ2n) is 7.36. The fourth-order valence-electron chi connectivity index (χ4n) is 3.22. The summed E-state index contributed by atoms with van der Waals surface area (Å²) in [6.07, 6.45) is -2.97. The fourth-order valence-corrected chi connectivity index (χ4v) is 3.22. The Morgan fingerprint density at radius 2 is 1.77 bits per heavy atom. The molecule has 1 aromatic heterocycles. The minimum atomic E-state index is -4.36. The molecule has 0 unspecified atom stereocenters. The van der Waals surface area contributed by atoms with Crippen molar-refractivity contribution < 1.29 is 18.0 Å². The minimum absolute atomic E-state index is 0.182. The highest BCUT2D eigenvalue weighted by Gasteiger charge is 2.29. The summed E-state index contributed by atoms with van der Waals surface area (Å²) >= 11 is 0. The van der Waals surface area contributed by atoms with Gasteiger partial charge in [0.25, 0.3) is 0 Å². The van der Waals surface area contributed by atoms with Crippen LogP contribution in [0, 0.1) is 0 Å². The third-order valence-corrected chi connectivity index (χ3v) is 4.93. The summed E-state index contributed by atoms with van der Waals surface area (Å²) in [5, 5.41) is 3.86. The Morgan fingerprint density at radius 3 is 2.37 bits per heavy atom. The topological polar surface area (TPSA) is 45.2 Å². The standard InChI is InChI=1S/C23H24F3N3O/c1-4-16-13-21(29(2)3)28-20-11-10-18(14-19(16)20)27-22(30)12-7-15-5-8-17(9-6-15)23(24,25)26/h5-6,8-11,13-14H,4,7,12H2,1-3H3,(H,27,30). The van der Waals surface area contributed by atoms with E-state index in [2.05, 4.69) is 17.2 Å². The quantitative estimate of drug-likeness (QED) is 0.582. The third-order valence-electron chi connectivity index (χ3n) is 4.93. The molecule has 0 bridgehead atoms. The summed E-state index contributed by atoms with van der Waals surface area (Å²) in [7, 11) is 3.89. The van der Waals surface area contributed by atoms with Gasteiger partial charge in [0.05, 0.1) is 11.1 Å². The van der Waals surface area contributed by atoms with Crippen LogP contribution in [0.5, 0.6) is 0 Å². The van der Waals surface area contributed by atoms with E-state index in [1.807, 2.05) is 43.3 Å². The number of hydrogen-bond acceptors (Lipinski definition) is 3. The van der Waals surface area contributed by atoms with Crippen molar-refractivity contribution in [1.29, 1.82) is 0 Å². The van der Waals surface area contributed by atoms with Gasteiger partial charge in [0.2, 0.25) is 5.91 Å². The molecule has 3 aromatic rings. The second-order valence-corrected chi connectivity index (χ2v) is 7.36. The molecule has 0 aliphatic carbocycles. The van der Waals surface area contributed by atoms with Crippen LogP contribution in [0.3, 0.4) is 0 Å². The maximum absolute atomic E-state index is 12.6. The zero-order valence-corrected chi connectivity index (χ0v) is 17.2. The van der Waals surface area contributed by atoms with Gasteiger partial charge in [-0.2, -0.15) is 13.2 Å². The normalized spacial score (nSPS) is 11.5. The number of carbonyl (C=O) groups is 1. The van der Waals surface area contributed by atoms with Crippen molar-refractivity contribution in [3.05, 3.63) is 65.2 Å². The number of benzene rings is 2. The summed E-state index contributed by atoms with van der Waals surface area (Å²) in [5.41, 5.74) is 2.68. The number of fused-ring (bicyclic) bond motifs is 1. The maximum Gasteiger partial charge on any atom is 0.416 e. The number of rotatable bonds is 6. The van der Waals surface area contributed by atoms with Gasteiger partial charge in [0.1, 0.15) is 5.82 Å². The molecule has 2 aromatic carbocycles. The smallest absolute Gasteiger partial charge is 0.363 e. The van der Waals surface area contributed by atoms with E-state index < -0.39 is 11.7 Å². The molecule has 0 fully saturated rings. The molecule has 3 rings (SSSR count). The minimum Gasteiger partial charge on any atom is -0.363 e. The summed E-state index contributed by atoms with van der Waals surface area (Å²) in [6.45, 7) is 2.07. The Balaban J connectivity index is 1.68. The summed E-state index contributed by atoms with van der Waals surface area (Å²) in [6, 6.07) is 12.5. The lowest BCUT2D eigenvalue weighted by Gasteiger charge is -2.15. The lowest BCUT2D eigenvalue weighted by Crippen LogP contribution is -2.13. The summed E-state index contributed by atoms with van der Waals surface area (Å²) in [5.74, 6) is 0.692. The number of amides is 1. The predicted molar refractivity (Wildman–Crippen MR) is 114 cm³/mol. The van der Waals surface area contributed by atoms with Crippen LogP contribution < -0.4 is 10.2 Å². The average molecular weight is 415 g/mol. The van der Waals surface area contributed by atoms with Gasteiger partial charge in [0, 0.05) is 31.6 Å².